The summed E-state index contributed by atoms with van der Waals surface area (Å²) in [6, 6.07) is 9.79. The fourth-order valence-electron chi connectivity index (χ4n) is 3.18. The Hall–Kier alpha value is -2.62. The zero-order valence-electron chi connectivity index (χ0n) is 15.1. The van der Waals surface area contributed by atoms with Crippen molar-refractivity contribution in [1.82, 2.24) is 4.90 Å². The van der Waals surface area contributed by atoms with Crippen LogP contribution in [0.3, 0.4) is 0 Å². The number of hydrogen-bond acceptors (Lipinski definition) is 3. The number of sulfonamides is 1. The SMILES string of the molecule is O=C(c1ccccc1NS(=O)(=O)c1ccc(F)cc1)N1CCCC(C(F)(F)F)C1. The average Bonchev–Trinajstić information content (AvgIpc) is 2.67. The van der Waals surface area contributed by atoms with Crippen LogP contribution in [0.5, 0.6) is 0 Å². The zero-order valence-corrected chi connectivity index (χ0v) is 15.9. The van der Waals surface area contributed by atoms with Gasteiger partial charge in [0.15, 0.2) is 0 Å². The molecule has 156 valence electrons. The van der Waals surface area contributed by atoms with Gasteiger partial charge in [-0.15, -0.1) is 0 Å². The van der Waals surface area contributed by atoms with Crippen molar-refractivity contribution < 1.29 is 30.8 Å². The van der Waals surface area contributed by atoms with Crippen LogP contribution in [0.15, 0.2) is 53.4 Å². The molecule has 0 spiro atoms. The van der Waals surface area contributed by atoms with Crippen LogP contribution in [-0.2, 0) is 10.0 Å². The summed E-state index contributed by atoms with van der Waals surface area (Å²) in [6.07, 6.45) is -4.24. The highest BCUT2D eigenvalue weighted by Crippen LogP contribution is 2.34. The quantitative estimate of drug-likeness (QED) is 0.745. The Morgan fingerprint density at radius 2 is 1.72 bits per heavy atom. The van der Waals surface area contributed by atoms with E-state index in [1.807, 2.05) is 0 Å². The number of likely N-dealkylation sites (tertiary alicyclic amines) is 1. The molecule has 1 N–H and O–H groups in total. The van der Waals surface area contributed by atoms with Crippen LogP contribution < -0.4 is 4.72 Å². The predicted octanol–water partition coefficient (Wildman–Crippen LogP) is 4.04. The Balaban J connectivity index is 1.85. The summed E-state index contributed by atoms with van der Waals surface area (Å²) >= 11 is 0. The van der Waals surface area contributed by atoms with Gasteiger partial charge in [0.25, 0.3) is 15.9 Å². The van der Waals surface area contributed by atoms with Crippen molar-refractivity contribution in [2.24, 2.45) is 5.92 Å². The Labute approximate surface area is 165 Å². The fraction of sp³-hybridized carbons (Fsp3) is 0.316. The van der Waals surface area contributed by atoms with Crippen molar-refractivity contribution in [2.45, 2.75) is 23.9 Å². The van der Waals surface area contributed by atoms with Crippen molar-refractivity contribution in [3.05, 3.63) is 59.9 Å². The highest BCUT2D eigenvalue weighted by molar-refractivity contribution is 7.92. The third kappa shape index (κ3) is 4.87. The van der Waals surface area contributed by atoms with E-state index in [0.717, 1.165) is 29.2 Å². The molecule has 1 atom stereocenters. The van der Waals surface area contributed by atoms with Crippen LogP contribution >= 0.6 is 0 Å². The molecule has 2 aromatic rings. The summed E-state index contributed by atoms with van der Waals surface area (Å²) < 4.78 is 79.5. The lowest BCUT2D eigenvalue weighted by molar-refractivity contribution is -0.184. The van der Waals surface area contributed by atoms with E-state index < -0.39 is 40.4 Å². The summed E-state index contributed by atoms with van der Waals surface area (Å²) in [4.78, 5) is 13.7. The van der Waals surface area contributed by atoms with Gasteiger partial charge in [-0.05, 0) is 49.2 Å². The number of nitrogens with one attached hydrogen (secondary N) is 1. The maximum absolute atomic E-state index is 13.0. The van der Waals surface area contributed by atoms with E-state index in [0.29, 0.717) is 0 Å². The van der Waals surface area contributed by atoms with Crippen LogP contribution in [0, 0.1) is 11.7 Å². The lowest BCUT2D eigenvalue weighted by atomic mass is 9.96. The van der Waals surface area contributed by atoms with Crippen molar-refractivity contribution in [3.63, 3.8) is 0 Å². The molecule has 1 saturated heterocycles. The molecular formula is C19H18F4N2O3S. The molecule has 1 fully saturated rings. The fourth-order valence-corrected chi connectivity index (χ4v) is 4.25. The molecule has 0 aliphatic carbocycles. The molecule has 0 aromatic heterocycles. The van der Waals surface area contributed by atoms with Crippen LogP contribution in [0.4, 0.5) is 23.2 Å². The highest BCUT2D eigenvalue weighted by Gasteiger charge is 2.43. The molecule has 1 unspecified atom stereocenters. The molecule has 5 nitrogen and oxygen atoms in total. The van der Waals surface area contributed by atoms with Gasteiger partial charge in [-0.25, -0.2) is 12.8 Å². The minimum absolute atomic E-state index is 0.0495. The molecule has 1 heterocycles. The van der Waals surface area contributed by atoms with Gasteiger partial charge in [0.05, 0.1) is 22.1 Å². The smallest absolute Gasteiger partial charge is 0.338 e. The summed E-state index contributed by atoms with van der Waals surface area (Å²) in [7, 11) is -4.12. The molecule has 0 saturated carbocycles. The van der Waals surface area contributed by atoms with Gasteiger partial charge in [0, 0.05) is 13.1 Å². The molecule has 0 bridgehead atoms. The van der Waals surface area contributed by atoms with Crippen LogP contribution in [0.1, 0.15) is 23.2 Å². The molecule has 2 aromatic carbocycles. The molecule has 1 aliphatic heterocycles. The van der Waals surface area contributed by atoms with Gasteiger partial charge in [0.2, 0.25) is 0 Å². The molecule has 29 heavy (non-hydrogen) atoms. The number of benzene rings is 2. The van der Waals surface area contributed by atoms with E-state index in [1.54, 1.807) is 0 Å². The van der Waals surface area contributed by atoms with Crippen LogP contribution in [-0.4, -0.2) is 38.5 Å². The van der Waals surface area contributed by atoms with Crippen molar-refractivity contribution >= 4 is 21.6 Å². The van der Waals surface area contributed by atoms with Gasteiger partial charge in [-0.1, -0.05) is 12.1 Å². The number of amides is 1. The minimum Gasteiger partial charge on any atom is -0.338 e. The number of carbonyl (C=O) groups is 1. The van der Waals surface area contributed by atoms with Crippen LogP contribution in [0.25, 0.3) is 0 Å². The van der Waals surface area contributed by atoms with Crippen molar-refractivity contribution in [3.8, 4) is 0 Å². The molecule has 1 aliphatic rings. The molecule has 0 radical (unpaired) electrons. The third-order valence-electron chi connectivity index (χ3n) is 4.70. The number of carbonyl (C=O) groups excluding carboxylic acids is 1. The number of hydrogen-bond donors (Lipinski definition) is 1. The van der Waals surface area contributed by atoms with E-state index in [2.05, 4.69) is 4.72 Å². The lowest BCUT2D eigenvalue weighted by Crippen LogP contribution is -2.44. The van der Waals surface area contributed by atoms with E-state index in [9.17, 15) is 30.8 Å². The number of halogens is 4. The maximum atomic E-state index is 13.0. The number of rotatable bonds is 4. The molecular weight excluding hydrogens is 412 g/mol. The first-order valence-corrected chi connectivity index (χ1v) is 10.3. The van der Waals surface area contributed by atoms with Crippen LogP contribution in [0.2, 0.25) is 0 Å². The lowest BCUT2D eigenvalue weighted by Gasteiger charge is -2.34. The average molecular weight is 430 g/mol. The molecule has 3 rings (SSSR count). The number of piperidine rings is 1. The first-order valence-electron chi connectivity index (χ1n) is 8.81. The van der Waals surface area contributed by atoms with Gasteiger partial charge in [-0.3, -0.25) is 9.52 Å². The highest BCUT2D eigenvalue weighted by atomic mass is 32.2. The Kier molecular flexibility index (Phi) is 5.83. The Morgan fingerprint density at radius 3 is 2.38 bits per heavy atom. The van der Waals surface area contributed by atoms with Crippen molar-refractivity contribution in [2.75, 3.05) is 17.8 Å². The minimum atomic E-state index is -4.40. The normalized spacial score (nSPS) is 17.8. The van der Waals surface area contributed by atoms with Gasteiger partial charge >= 0.3 is 6.18 Å². The second-order valence-corrected chi connectivity index (χ2v) is 8.42. The summed E-state index contributed by atoms with van der Waals surface area (Å²) in [6.45, 7) is -0.314. The van der Waals surface area contributed by atoms with E-state index in [1.165, 1.54) is 24.3 Å². The second kappa shape index (κ2) is 8.02. The number of nitrogens with zero attached hydrogens (tertiary/aromatic N) is 1. The first kappa shape index (κ1) is 21.1. The number of alkyl halides is 3. The Bertz CT molecular complexity index is 991. The maximum Gasteiger partial charge on any atom is 0.393 e. The Morgan fingerprint density at radius 1 is 1.07 bits per heavy atom. The molecule has 1 amide bonds. The number of anilines is 1. The van der Waals surface area contributed by atoms with Crippen molar-refractivity contribution in [1.29, 1.82) is 0 Å². The topological polar surface area (TPSA) is 66.5 Å². The summed E-state index contributed by atoms with van der Waals surface area (Å²) in [5, 5.41) is 0. The largest absolute Gasteiger partial charge is 0.393 e. The van der Waals surface area contributed by atoms with Gasteiger partial charge < -0.3 is 4.90 Å². The summed E-state index contributed by atoms with van der Waals surface area (Å²) in [5.41, 5.74) is -0.114. The van der Waals surface area contributed by atoms with Gasteiger partial charge in [0.1, 0.15) is 5.82 Å². The zero-order chi connectivity index (χ0) is 21.2. The second-order valence-electron chi connectivity index (χ2n) is 6.74. The monoisotopic (exact) mass is 430 g/mol. The standard InChI is InChI=1S/C19H18F4N2O3S/c20-14-7-9-15(10-8-14)29(27,28)24-17-6-2-1-5-16(17)18(26)25-11-3-4-13(12-25)19(21,22)23/h1-2,5-10,13,24H,3-4,11-12H2. The summed E-state index contributed by atoms with van der Waals surface area (Å²) in [5.74, 6) is -2.90. The number of para-hydroxylation sites is 1. The molecule has 10 heteroatoms. The first-order chi connectivity index (χ1) is 13.6. The van der Waals surface area contributed by atoms with Gasteiger partial charge in [-0.2, -0.15) is 13.2 Å². The third-order valence-corrected chi connectivity index (χ3v) is 6.08. The van der Waals surface area contributed by atoms with E-state index in [-0.39, 0.29) is 35.5 Å². The van der Waals surface area contributed by atoms with E-state index in [4.69, 9.17) is 0 Å². The predicted molar refractivity (Wildman–Crippen MR) is 98.3 cm³/mol. The van der Waals surface area contributed by atoms with E-state index >= 15 is 0 Å².